The summed E-state index contributed by atoms with van der Waals surface area (Å²) in [6, 6.07) is 6.01. The molecule has 1 saturated carbocycles. The van der Waals surface area contributed by atoms with Crippen molar-refractivity contribution in [1.29, 1.82) is 0 Å². The van der Waals surface area contributed by atoms with Gasteiger partial charge in [-0.05, 0) is 30.4 Å². The van der Waals surface area contributed by atoms with Gasteiger partial charge >= 0.3 is 0 Å². The molecule has 0 radical (unpaired) electrons. The van der Waals surface area contributed by atoms with E-state index in [0.717, 1.165) is 11.3 Å². The van der Waals surface area contributed by atoms with E-state index in [4.69, 9.17) is 15.9 Å². The molecule has 1 aliphatic rings. The zero-order valence-electron chi connectivity index (χ0n) is 10.9. The smallest absolute Gasteiger partial charge is 0.221 e. The summed E-state index contributed by atoms with van der Waals surface area (Å²) < 4.78 is 0. The summed E-state index contributed by atoms with van der Waals surface area (Å²) in [7, 11) is 1.78. The van der Waals surface area contributed by atoms with E-state index in [1.165, 1.54) is 18.4 Å². The lowest BCUT2D eigenvalue weighted by Gasteiger charge is -2.19. The van der Waals surface area contributed by atoms with E-state index in [-0.39, 0.29) is 6.61 Å². The average Bonchev–Trinajstić information content (AvgIpc) is 3.24. The van der Waals surface area contributed by atoms with Gasteiger partial charge in [0.2, 0.25) is 6.41 Å². The molecule has 1 aliphatic carbocycles. The maximum absolute atomic E-state index is 8.94. The molecular formula is C12H20N4O3. The molecule has 1 amide bonds. The van der Waals surface area contributed by atoms with Crippen LogP contribution in [0.15, 0.2) is 18.2 Å². The predicted octanol–water partition coefficient (Wildman–Crippen LogP) is 0.470. The van der Waals surface area contributed by atoms with Gasteiger partial charge in [0.1, 0.15) is 6.61 Å². The first-order chi connectivity index (χ1) is 9.15. The van der Waals surface area contributed by atoms with Gasteiger partial charge in [-0.3, -0.25) is 15.5 Å². The predicted molar refractivity (Wildman–Crippen MR) is 71.8 cm³/mol. The zero-order valence-corrected chi connectivity index (χ0v) is 10.9. The number of hydrogen-bond acceptors (Lipinski definition) is 6. The molecule has 6 N–H and O–H groups in total. The highest BCUT2D eigenvalue weighted by Gasteiger charge is 2.27. The molecular weight excluding hydrogens is 248 g/mol. The van der Waals surface area contributed by atoms with Crippen molar-refractivity contribution in [3.8, 4) is 0 Å². The first-order valence-corrected chi connectivity index (χ1v) is 5.92. The van der Waals surface area contributed by atoms with Crippen molar-refractivity contribution >= 4 is 12.1 Å². The van der Waals surface area contributed by atoms with E-state index >= 15 is 0 Å². The van der Waals surface area contributed by atoms with E-state index in [0.29, 0.717) is 12.3 Å². The summed E-state index contributed by atoms with van der Waals surface area (Å²) >= 11 is 0. The Kier molecular flexibility index (Phi) is 6.23. The quantitative estimate of drug-likeness (QED) is 0.203. The Morgan fingerprint density at radius 2 is 2.21 bits per heavy atom. The Morgan fingerprint density at radius 1 is 1.58 bits per heavy atom. The summed E-state index contributed by atoms with van der Waals surface area (Å²) in [6.07, 6.45) is 2.84. The fraction of sp³-hybridized carbons (Fsp3) is 0.417. The van der Waals surface area contributed by atoms with Gasteiger partial charge in [0.15, 0.2) is 0 Å². The van der Waals surface area contributed by atoms with Crippen molar-refractivity contribution in [2.45, 2.75) is 25.4 Å². The van der Waals surface area contributed by atoms with Gasteiger partial charge in [0.05, 0.1) is 5.69 Å². The summed E-state index contributed by atoms with van der Waals surface area (Å²) in [5.74, 6) is 10.8. The number of anilines is 1. The third-order valence-electron chi connectivity index (χ3n) is 2.86. The van der Waals surface area contributed by atoms with Crippen molar-refractivity contribution < 1.29 is 14.9 Å². The Bertz CT molecular complexity index is 388. The van der Waals surface area contributed by atoms with E-state index in [2.05, 4.69) is 16.8 Å². The maximum atomic E-state index is 8.94. The molecule has 0 bridgehead atoms. The molecule has 0 aliphatic heterocycles. The van der Waals surface area contributed by atoms with Crippen molar-refractivity contribution in [3.63, 3.8) is 0 Å². The number of carbonyl (C=O) groups is 1. The fourth-order valence-electron chi connectivity index (χ4n) is 1.92. The second kappa shape index (κ2) is 7.70. The molecule has 0 heterocycles. The Hall–Kier alpha value is -1.67. The Balaban J connectivity index is 0.000000399. The minimum absolute atomic E-state index is 0.198. The van der Waals surface area contributed by atoms with Crippen LogP contribution in [0.2, 0.25) is 0 Å². The Labute approximate surface area is 112 Å². The van der Waals surface area contributed by atoms with E-state index in [1.807, 2.05) is 12.1 Å². The summed E-state index contributed by atoms with van der Waals surface area (Å²) in [6.45, 7) is 0.198. The minimum Gasteiger partial charge on any atom is -0.314 e. The Morgan fingerprint density at radius 3 is 2.63 bits per heavy atom. The summed E-state index contributed by atoms with van der Waals surface area (Å²) in [5, 5.41) is 10.1. The van der Waals surface area contributed by atoms with Crippen molar-refractivity contribution in [1.82, 2.24) is 5.43 Å². The van der Waals surface area contributed by atoms with Crippen LogP contribution < -0.4 is 22.1 Å². The third-order valence-corrected chi connectivity index (χ3v) is 2.86. The van der Waals surface area contributed by atoms with Crippen LogP contribution in [0.1, 0.15) is 29.9 Å². The van der Waals surface area contributed by atoms with Crippen molar-refractivity contribution in [3.05, 3.63) is 29.3 Å². The lowest BCUT2D eigenvalue weighted by molar-refractivity contribution is -0.253. The molecule has 1 fully saturated rings. The lowest BCUT2D eigenvalue weighted by atomic mass is 10.0. The van der Waals surface area contributed by atoms with E-state index in [1.54, 1.807) is 17.5 Å². The number of hydrogen-bond donors (Lipinski definition) is 4. The largest absolute Gasteiger partial charge is 0.314 e. The molecule has 7 heteroatoms. The number of carbonyl (C=O) groups excluding carboxylic acids is 1. The molecule has 19 heavy (non-hydrogen) atoms. The van der Waals surface area contributed by atoms with Gasteiger partial charge in [-0.1, -0.05) is 12.1 Å². The second-order valence-corrected chi connectivity index (χ2v) is 4.29. The van der Waals surface area contributed by atoms with E-state index in [9.17, 15) is 0 Å². The molecule has 0 spiro atoms. The van der Waals surface area contributed by atoms with Gasteiger partial charge in [0, 0.05) is 12.6 Å². The van der Waals surface area contributed by atoms with Gasteiger partial charge in [-0.2, -0.15) is 0 Å². The maximum Gasteiger partial charge on any atom is 0.221 e. The van der Waals surface area contributed by atoms with Crippen LogP contribution >= 0.6 is 0 Å². The van der Waals surface area contributed by atoms with Crippen LogP contribution in [0.3, 0.4) is 0 Å². The van der Waals surface area contributed by atoms with Crippen molar-refractivity contribution in [2.75, 3.05) is 12.1 Å². The van der Waals surface area contributed by atoms with Gasteiger partial charge in [-0.25, -0.2) is 16.6 Å². The van der Waals surface area contributed by atoms with Crippen LogP contribution in [0, 0.1) is 0 Å². The normalized spacial score (nSPS) is 13.3. The lowest BCUT2D eigenvalue weighted by Crippen LogP contribution is -2.26. The fourth-order valence-corrected chi connectivity index (χ4v) is 1.92. The minimum atomic E-state index is 0.198. The SMILES string of the molecule is CN(N)c1cccc(C2CC2)c1COO.NNC=O. The molecule has 1 aromatic carbocycles. The highest BCUT2D eigenvalue weighted by Crippen LogP contribution is 2.43. The standard InChI is InChI=1S/C11H16N2O2.CH4N2O/c1-13(12)11-4-2-3-9(8-5-6-8)10(11)7-15-14;2-3-1-4/h2-4,8,14H,5-7,12H2,1H3;1H,2H2,(H,3,4). The van der Waals surface area contributed by atoms with Crippen LogP contribution in [-0.4, -0.2) is 18.7 Å². The zero-order chi connectivity index (χ0) is 14.3. The highest BCUT2D eigenvalue weighted by atomic mass is 17.1. The summed E-state index contributed by atoms with van der Waals surface area (Å²) in [5.41, 5.74) is 4.90. The number of nitrogens with two attached hydrogens (primary N) is 2. The summed E-state index contributed by atoms with van der Waals surface area (Å²) in [4.78, 5) is 13.2. The molecule has 2 rings (SSSR count). The first-order valence-electron chi connectivity index (χ1n) is 5.92. The number of hydrazine groups is 2. The second-order valence-electron chi connectivity index (χ2n) is 4.29. The first kappa shape index (κ1) is 15.4. The molecule has 106 valence electrons. The molecule has 0 atom stereocenters. The number of benzene rings is 1. The highest BCUT2D eigenvalue weighted by molar-refractivity contribution is 5.56. The topological polar surface area (TPSA) is 114 Å². The van der Waals surface area contributed by atoms with Crippen LogP contribution in [0.5, 0.6) is 0 Å². The van der Waals surface area contributed by atoms with Crippen LogP contribution in [0.4, 0.5) is 5.69 Å². The molecule has 0 aromatic heterocycles. The monoisotopic (exact) mass is 268 g/mol. The molecule has 7 nitrogen and oxygen atoms in total. The number of nitrogens with one attached hydrogen (secondary N) is 1. The van der Waals surface area contributed by atoms with E-state index < -0.39 is 0 Å². The van der Waals surface area contributed by atoms with Gasteiger partial charge < -0.3 is 5.01 Å². The number of rotatable bonds is 5. The number of nitrogens with zero attached hydrogens (tertiary/aromatic N) is 1. The third kappa shape index (κ3) is 4.49. The van der Waals surface area contributed by atoms with Crippen molar-refractivity contribution in [2.24, 2.45) is 11.7 Å². The van der Waals surface area contributed by atoms with Gasteiger partial charge in [0.25, 0.3) is 0 Å². The average molecular weight is 268 g/mol. The van der Waals surface area contributed by atoms with Gasteiger partial charge in [-0.15, -0.1) is 0 Å². The van der Waals surface area contributed by atoms with Crippen LogP contribution in [0.25, 0.3) is 0 Å². The molecule has 0 saturated heterocycles. The van der Waals surface area contributed by atoms with Crippen LogP contribution in [-0.2, 0) is 16.3 Å². The number of amides is 1. The molecule has 1 aromatic rings. The molecule has 0 unspecified atom stereocenters.